The molecule has 2 rings (SSSR count). The lowest BCUT2D eigenvalue weighted by Gasteiger charge is -2.19. The minimum Gasteiger partial charge on any atom is -0.495 e. The van der Waals surface area contributed by atoms with Gasteiger partial charge in [0.15, 0.2) is 0 Å². The fraction of sp³-hybridized carbons (Fsp3) is 0.214. The first-order chi connectivity index (χ1) is 9.92. The van der Waals surface area contributed by atoms with Crippen LogP contribution in [0.3, 0.4) is 0 Å². The fourth-order valence-corrected chi connectivity index (χ4v) is 1.94. The summed E-state index contributed by atoms with van der Waals surface area (Å²) in [5.41, 5.74) is 6.78. The number of alkyl halides is 3. The van der Waals surface area contributed by atoms with Crippen LogP contribution in [0.1, 0.15) is 17.2 Å². The Hall–Kier alpha value is -2.28. The van der Waals surface area contributed by atoms with Crippen molar-refractivity contribution in [3.05, 3.63) is 53.9 Å². The molecule has 0 saturated carbocycles. The lowest BCUT2D eigenvalue weighted by atomic mass is 9.99. The van der Waals surface area contributed by atoms with Crippen molar-refractivity contribution in [1.29, 1.82) is 0 Å². The van der Waals surface area contributed by atoms with E-state index < -0.39 is 12.4 Å². The average Bonchev–Trinajstić information content (AvgIpc) is 2.45. The number of para-hydroxylation sites is 1. The van der Waals surface area contributed by atoms with E-state index in [0.717, 1.165) is 0 Å². The van der Waals surface area contributed by atoms with Gasteiger partial charge in [-0.3, -0.25) is 4.98 Å². The summed E-state index contributed by atoms with van der Waals surface area (Å²) in [6.07, 6.45) is -1.84. The molecule has 1 aromatic carbocycles. The maximum atomic E-state index is 12.4. The number of pyridine rings is 1. The molecule has 0 aliphatic rings. The molecule has 1 heterocycles. The monoisotopic (exact) mass is 298 g/mol. The van der Waals surface area contributed by atoms with Gasteiger partial charge < -0.3 is 15.2 Å². The number of ether oxygens (including phenoxy) is 2. The third kappa shape index (κ3) is 3.63. The SMILES string of the molecule is COc1cnccc1C(N)c1ccccc1OC(F)(F)F. The van der Waals surface area contributed by atoms with Gasteiger partial charge in [-0.2, -0.15) is 0 Å². The number of hydrogen-bond donors (Lipinski definition) is 1. The van der Waals surface area contributed by atoms with Crippen molar-refractivity contribution in [2.45, 2.75) is 12.4 Å². The summed E-state index contributed by atoms with van der Waals surface area (Å²) in [7, 11) is 1.44. The van der Waals surface area contributed by atoms with Crippen LogP contribution < -0.4 is 15.2 Å². The number of aromatic nitrogens is 1. The third-order valence-corrected chi connectivity index (χ3v) is 2.85. The minimum absolute atomic E-state index is 0.208. The highest BCUT2D eigenvalue weighted by Crippen LogP contribution is 2.34. The molecule has 1 atom stereocenters. The molecule has 0 amide bonds. The van der Waals surface area contributed by atoms with Crippen LogP contribution in [0.5, 0.6) is 11.5 Å². The van der Waals surface area contributed by atoms with Gasteiger partial charge in [0.25, 0.3) is 0 Å². The molecule has 0 radical (unpaired) electrons. The summed E-state index contributed by atoms with van der Waals surface area (Å²) >= 11 is 0. The molecule has 7 heteroatoms. The molecule has 112 valence electrons. The third-order valence-electron chi connectivity index (χ3n) is 2.85. The molecular weight excluding hydrogens is 285 g/mol. The van der Waals surface area contributed by atoms with Crippen molar-refractivity contribution in [1.82, 2.24) is 4.98 Å². The maximum Gasteiger partial charge on any atom is 0.573 e. The van der Waals surface area contributed by atoms with Gasteiger partial charge >= 0.3 is 6.36 Å². The van der Waals surface area contributed by atoms with E-state index in [1.54, 1.807) is 12.1 Å². The van der Waals surface area contributed by atoms with Crippen molar-refractivity contribution in [2.24, 2.45) is 5.73 Å². The van der Waals surface area contributed by atoms with E-state index in [9.17, 15) is 13.2 Å². The molecule has 1 unspecified atom stereocenters. The van der Waals surface area contributed by atoms with Gasteiger partial charge in [-0.1, -0.05) is 18.2 Å². The van der Waals surface area contributed by atoms with Crippen LogP contribution in [0, 0.1) is 0 Å². The first kappa shape index (κ1) is 15.1. The predicted molar refractivity (Wildman–Crippen MR) is 69.9 cm³/mol. The van der Waals surface area contributed by atoms with E-state index in [-0.39, 0.29) is 11.3 Å². The standard InChI is InChI=1S/C14H13F3N2O2/c1-20-12-8-19-7-6-10(12)13(18)9-4-2-3-5-11(9)21-14(15,16)17/h2-8,13H,18H2,1H3. The Morgan fingerprint density at radius 3 is 2.43 bits per heavy atom. The van der Waals surface area contributed by atoms with Crippen molar-refractivity contribution >= 4 is 0 Å². The molecule has 0 bridgehead atoms. The van der Waals surface area contributed by atoms with E-state index in [4.69, 9.17) is 10.5 Å². The predicted octanol–water partition coefficient (Wildman–Crippen LogP) is 3.04. The molecule has 21 heavy (non-hydrogen) atoms. The maximum absolute atomic E-state index is 12.4. The first-order valence-electron chi connectivity index (χ1n) is 6.00. The number of benzene rings is 1. The quantitative estimate of drug-likeness (QED) is 0.942. The molecular formula is C14H13F3N2O2. The van der Waals surface area contributed by atoms with E-state index in [0.29, 0.717) is 11.3 Å². The Kier molecular flexibility index (Phi) is 4.32. The molecule has 2 aromatic rings. The summed E-state index contributed by atoms with van der Waals surface area (Å²) in [4.78, 5) is 3.88. The molecule has 0 spiro atoms. The van der Waals surface area contributed by atoms with Crippen molar-refractivity contribution < 1.29 is 22.6 Å². The van der Waals surface area contributed by atoms with Crippen molar-refractivity contribution in [3.63, 3.8) is 0 Å². The molecule has 2 N–H and O–H groups in total. The highest BCUT2D eigenvalue weighted by molar-refractivity contribution is 5.45. The summed E-state index contributed by atoms with van der Waals surface area (Å²) in [5, 5.41) is 0. The molecule has 0 aliphatic heterocycles. The van der Waals surface area contributed by atoms with E-state index in [1.807, 2.05) is 0 Å². The fourth-order valence-electron chi connectivity index (χ4n) is 1.94. The smallest absolute Gasteiger partial charge is 0.495 e. The summed E-state index contributed by atoms with van der Waals surface area (Å²) in [6, 6.07) is 6.49. The summed E-state index contributed by atoms with van der Waals surface area (Å²) in [5.74, 6) is 0.0585. The molecule has 4 nitrogen and oxygen atoms in total. The second-order valence-electron chi connectivity index (χ2n) is 4.18. The Labute approximate surface area is 119 Å². The largest absolute Gasteiger partial charge is 0.573 e. The van der Waals surface area contributed by atoms with Gasteiger partial charge in [-0.05, 0) is 12.1 Å². The Balaban J connectivity index is 2.42. The van der Waals surface area contributed by atoms with Crippen molar-refractivity contribution in [3.8, 4) is 11.5 Å². The van der Waals surface area contributed by atoms with Gasteiger partial charge in [0.1, 0.15) is 11.5 Å². The van der Waals surface area contributed by atoms with Crippen LogP contribution in [0.4, 0.5) is 13.2 Å². The number of methoxy groups -OCH3 is 1. The van der Waals surface area contributed by atoms with Gasteiger partial charge in [0.05, 0.1) is 19.3 Å². The Morgan fingerprint density at radius 1 is 1.10 bits per heavy atom. The zero-order valence-electron chi connectivity index (χ0n) is 11.1. The molecule has 0 saturated heterocycles. The Bertz CT molecular complexity index is 617. The summed E-state index contributed by atoms with van der Waals surface area (Å²) in [6.45, 7) is 0. The minimum atomic E-state index is -4.78. The van der Waals surface area contributed by atoms with E-state index >= 15 is 0 Å². The van der Waals surface area contributed by atoms with Crippen LogP contribution in [0.15, 0.2) is 42.7 Å². The van der Waals surface area contributed by atoms with Gasteiger partial charge in [-0.15, -0.1) is 13.2 Å². The normalized spacial score (nSPS) is 12.8. The van der Waals surface area contributed by atoms with E-state index in [1.165, 1.54) is 37.7 Å². The number of nitrogens with two attached hydrogens (primary N) is 1. The molecule has 0 aliphatic carbocycles. The van der Waals surface area contributed by atoms with Crippen LogP contribution in [0.25, 0.3) is 0 Å². The first-order valence-corrected chi connectivity index (χ1v) is 6.00. The lowest BCUT2D eigenvalue weighted by molar-refractivity contribution is -0.274. The van der Waals surface area contributed by atoms with Crippen LogP contribution >= 0.6 is 0 Å². The van der Waals surface area contributed by atoms with Gasteiger partial charge in [-0.25, -0.2) is 0 Å². The second kappa shape index (κ2) is 6.01. The highest BCUT2D eigenvalue weighted by Gasteiger charge is 2.33. The van der Waals surface area contributed by atoms with Gasteiger partial charge in [0.2, 0.25) is 0 Å². The number of nitrogens with zero attached hydrogens (tertiary/aromatic N) is 1. The van der Waals surface area contributed by atoms with Gasteiger partial charge in [0, 0.05) is 17.3 Å². The molecule has 0 fully saturated rings. The number of halogens is 3. The lowest BCUT2D eigenvalue weighted by Crippen LogP contribution is -2.21. The second-order valence-corrected chi connectivity index (χ2v) is 4.18. The van der Waals surface area contributed by atoms with Crippen LogP contribution in [0.2, 0.25) is 0 Å². The summed E-state index contributed by atoms with van der Waals surface area (Å²) < 4.78 is 46.4. The number of rotatable bonds is 4. The molecule has 1 aromatic heterocycles. The van der Waals surface area contributed by atoms with Crippen LogP contribution in [-0.2, 0) is 0 Å². The average molecular weight is 298 g/mol. The zero-order chi connectivity index (χ0) is 15.5. The van der Waals surface area contributed by atoms with Crippen LogP contribution in [-0.4, -0.2) is 18.5 Å². The highest BCUT2D eigenvalue weighted by atomic mass is 19.4. The number of hydrogen-bond acceptors (Lipinski definition) is 4. The zero-order valence-corrected chi connectivity index (χ0v) is 11.1. The van der Waals surface area contributed by atoms with Crippen molar-refractivity contribution in [2.75, 3.05) is 7.11 Å². The topological polar surface area (TPSA) is 57.4 Å². The Morgan fingerprint density at radius 2 is 1.76 bits per heavy atom. The van der Waals surface area contributed by atoms with E-state index in [2.05, 4.69) is 9.72 Å².